The largest absolute Gasteiger partial charge is 0.322 e. The molecule has 1 aromatic heterocycles. The normalized spacial score (nSPS) is 15.6. The summed E-state index contributed by atoms with van der Waals surface area (Å²) in [6.07, 6.45) is 4.80. The first-order valence-corrected chi connectivity index (χ1v) is 15.1. The first-order valence-electron chi connectivity index (χ1n) is 13.3. The molecule has 6 rings (SSSR count). The van der Waals surface area contributed by atoms with Gasteiger partial charge in [0.05, 0.1) is 10.6 Å². The number of nitrogens with one attached hydrogen (secondary N) is 1. The van der Waals surface area contributed by atoms with E-state index in [-0.39, 0.29) is 10.8 Å². The number of hydrogen-bond donors (Lipinski definition) is 1. The Morgan fingerprint density at radius 3 is 2.40 bits per heavy atom. The molecule has 1 fully saturated rings. The van der Waals surface area contributed by atoms with Crippen LogP contribution in [-0.4, -0.2) is 36.7 Å². The van der Waals surface area contributed by atoms with Crippen LogP contribution in [0.3, 0.4) is 0 Å². The summed E-state index contributed by atoms with van der Waals surface area (Å²) in [5.74, 6) is -0.289. The standard InChI is InChI=1S/C32H28ClN3O3S/c33-26-13-14-29-25(20-26)12-11-23-8-5-17-34-31(23)30(29)22-15-18-36(19-16-22)40(38,39)28-10-4-9-27(21-28)35-32(37)24-6-2-1-3-7-24/h1-10,13-14,17,20-21H,11-12,15-16,18-19H2,(H,35,37). The van der Waals surface area contributed by atoms with Crippen LogP contribution in [0.15, 0.2) is 102 Å². The van der Waals surface area contributed by atoms with Gasteiger partial charge in [-0.05, 0) is 90.9 Å². The highest BCUT2D eigenvalue weighted by atomic mass is 35.5. The molecule has 1 N–H and O–H groups in total. The van der Waals surface area contributed by atoms with Gasteiger partial charge >= 0.3 is 0 Å². The average Bonchev–Trinajstić information content (AvgIpc) is 3.14. The number of benzene rings is 3. The first-order chi connectivity index (χ1) is 19.4. The number of amides is 1. The molecular weight excluding hydrogens is 542 g/mol. The Morgan fingerprint density at radius 2 is 1.60 bits per heavy atom. The number of sulfonamides is 1. The van der Waals surface area contributed by atoms with Gasteiger partial charge in [-0.3, -0.25) is 9.78 Å². The maximum Gasteiger partial charge on any atom is 0.255 e. The molecule has 1 aliphatic carbocycles. The monoisotopic (exact) mass is 569 g/mol. The van der Waals surface area contributed by atoms with E-state index in [1.165, 1.54) is 27.1 Å². The van der Waals surface area contributed by atoms with Gasteiger partial charge in [-0.25, -0.2) is 8.42 Å². The maximum absolute atomic E-state index is 13.6. The van der Waals surface area contributed by atoms with Crippen LogP contribution in [0.2, 0.25) is 5.02 Å². The van der Waals surface area contributed by atoms with E-state index < -0.39 is 10.0 Å². The van der Waals surface area contributed by atoms with Gasteiger partial charge in [0.25, 0.3) is 5.91 Å². The summed E-state index contributed by atoms with van der Waals surface area (Å²) in [4.78, 5) is 17.5. The van der Waals surface area contributed by atoms with Crippen molar-refractivity contribution in [1.82, 2.24) is 9.29 Å². The Kier molecular flexibility index (Phi) is 7.27. The number of halogens is 1. The number of piperidine rings is 1. The molecule has 0 spiro atoms. The Hall–Kier alpha value is -3.78. The lowest BCUT2D eigenvalue weighted by atomic mass is 9.89. The van der Waals surface area contributed by atoms with E-state index in [0.717, 1.165) is 29.7 Å². The number of aromatic nitrogens is 1. The van der Waals surface area contributed by atoms with Crippen LogP contribution in [0.1, 0.15) is 45.6 Å². The SMILES string of the molecule is O=C(Nc1cccc(S(=O)(=O)N2CCC(=C3c4ccc(Cl)cc4CCc4cccnc43)CC2)c1)c1ccccc1. The lowest BCUT2D eigenvalue weighted by Crippen LogP contribution is -2.36. The highest BCUT2D eigenvalue weighted by molar-refractivity contribution is 7.89. The van der Waals surface area contributed by atoms with Crippen molar-refractivity contribution < 1.29 is 13.2 Å². The number of carbonyl (C=O) groups excluding carboxylic acids is 1. The van der Waals surface area contributed by atoms with Crippen molar-refractivity contribution in [3.05, 3.63) is 130 Å². The third-order valence-electron chi connectivity index (χ3n) is 7.57. The minimum Gasteiger partial charge on any atom is -0.322 e. The summed E-state index contributed by atoms with van der Waals surface area (Å²) in [6.45, 7) is 0.736. The molecule has 0 saturated carbocycles. The van der Waals surface area contributed by atoms with Crippen molar-refractivity contribution in [3.63, 3.8) is 0 Å². The second kappa shape index (κ2) is 11.0. The Balaban J connectivity index is 1.26. The molecule has 2 aliphatic rings. The molecule has 0 radical (unpaired) electrons. The molecule has 40 heavy (non-hydrogen) atoms. The molecule has 6 nitrogen and oxygen atoms in total. The zero-order chi connectivity index (χ0) is 27.7. The van der Waals surface area contributed by atoms with Gasteiger partial charge < -0.3 is 5.32 Å². The van der Waals surface area contributed by atoms with Crippen molar-refractivity contribution in [2.75, 3.05) is 18.4 Å². The number of nitrogens with zero attached hydrogens (tertiary/aromatic N) is 2. The fraction of sp³-hybridized carbons (Fsp3) is 0.188. The van der Waals surface area contributed by atoms with E-state index in [1.54, 1.807) is 42.5 Å². The molecule has 1 amide bonds. The first kappa shape index (κ1) is 26.4. The summed E-state index contributed by atoms with van der Waals surface area (Å²) in [6, 6.07) is 25.4. The molecule has 8 heteroatoms. The highest BCUT2D eigenvalue weighted by Gasteiger charge is 2.30. The summed E-state index contributed by atoms with van der Waals surface area (Å²) in [5, 5.41) is 3.52. The number of rotatable bonds is 4. The minimum atomic E-state index is -3.75. The summed E-state index contributed by atoms with van der Waals surface area (Å²) >= 11 is 6.34. The smallest absolute Gasteiger partial charge is 0.255 e. The van der Waals surface area contributed by atoms with E-state index in [1.807, 2.05) is 30.5 Å². The zero-order valence-electron chi connectivity index (χ0n) is 21.8. The second-order valence-electron chi connectivity index (χ2n) is 10.0. The fourth-order valence-electron chi connectivity index (χ4n) is 5.56. The predicted molar refractivity (Wildman–Crippen MR) is 158 cm³/mol. The highest BCUT2D eigenvalue weighted by Crippen LogP contribution is 2.39. The molecule has 4 aromatic rings. The molecule has 0 unspecified atom stereocenters. The number of hydrogen-bond acceptors (Lipinski definition) is 4. The third-order valence-corrected chi connectivity index (χ3v) is 9.70. The van der Waals surface area contributed by atoms with Gasteiger partial charge in [0.1, 0.15) is 0 Å². The van der Waals surface area contributed by atoms with Crippen LogP contribution < -0.4 is 5.32 Å². The minimum absolute atomic E-state index is 0.163. The van der Waals surface area contributed by atoms with Gasteiger partial charge in [0.15, 0.2) is 0 Å². The van der Waals surface area contributed by atoms with Crippen LogP contribution >= 0.6 is 11.6 Å². The maximum atomic E-state index is 13.6. The van der Waals surface area contributed by atoms with Crippen molar-refractivity contribution in [3.8, 4) is 0 Å². The Morgan fingerprint density at radius 1 is 0.825 bits per heavy atom. The van der Waals surface area contributed by atoms with E-state index in [2.05, 4.69) is 17.4 Å². The topological polar surface area (TPSA) is 79.4 Å². The van der Waals surface area contributed by atoms with Crippen LogP contribution in [0.5, 0.6) is 0 Å². The van der Waals surface area contributed by atoms with Crippen molar-refractivity contribution in [1.29, 1.82) is 0 Å². The summed E-state index contributed by atoms with van der Waals surface area (Å²) < 4.78 is 28.8. The third kappa shape index (κ3) is 5.20. The predicted octanol–water partition coefficient (Wildman–Crippen LogP) is 6.37. The van der Waals surface area contributed by atoms with E-state index >= 15 is 0 Å². The van der Waals surface area contributed by atoms with Gasteiger partial charge in [-0.2, -0.15) is 4.31 Å². The van der Waals surface area contributed by atoms with Crippen LogP contribution in [0.4, 0.5) is 5.69 Å². The number of carbonyl (C=O) groups is 1. The van der Waals surface area contributed by atoms with Gasteiger partial charge in [-0.15, -0.1) is 0 Å². The summed E-state index contributed by atoms with van der Waals surface area (Å²) in [7, 11) is -3.75. The van der Waals surface area contributed by atoms with Crippen LogP contribution in [0, 0.1) is 0 Å². The molecule has 0 atom stereocenters. The van der Waals surface area contributed by atoms with E-state index in [0.29, 0.717) is 42.2 Å². The number of anilines is 1. The van der Waals surface area contributed by atoms with Crippen LogP contribution in [-0.2, 0) is 22.9 Å². The van der Waals surface area contributed by atoms with Crippen LogP contribution in [0.25, 0.3) is 5.57 Å². The lowest BCUT2D eigenvalue weighted by Gasteiger charge is -2.30. The molecule has 2 heterocycles. The molecular formula is C32H28ClN3O3S. The second-order valence-corrected chi connectivity index (χ2v) is 12.4. The van der Waals surface area contributed by atoms with Gasteiger partial charge in [0, 0.05) is 41.1 Å². The molecule has 1 aliphatic heterocycles. The zero-order valence-corrected chi connectivity index (χ0v) is 23.4. The number of pyridine rings is 1. The average molecular weight is 570 g/mol. The molecule has 202 valence electrons. The quantitative estimate of drug-likeness (QED) is 0.310. The molecule has 1 saturated heterocycles. The van der Waals surface area contributed by atoms with Crippen molar-refractivity contribution in [2.24, 2.45) is 0 Å². The fourth-order valence-corrected chi connectivity index (χ4v) is 7.24. The number of aryl methyl sites for hydroxylation is 2. The summed E-state index contributed by atoms with van der Waals surface area (Å²) in [5.41, 5.74) is 7.77. The van der Waals surface area contributed by atoms with E-state index in [4.69, 9.17) is 16.6 Å². The molecule has 3 aromatic carbocycles. The van der Waals surface area contributed by atoms with Gasteiger partial charge in [-0.1, -0.05) is 53.6 Å². The Bertz CT molecular complexity index is 1730. The molecule has 0 bridgehead atoms. The van der Waals surface area contributed by atoms with E-state index in [9.17, 15) is 13.2 Å². The van der Waals surface area contributed by atoms with Gasteiger partial charge in [0.2, 0.25) is 10.0 Å². The van der Waals surface area contributed by atoms with Crippen molar-refractivity contribution in [2.45, 2.75) is 30.6 Å². The lowest BCUT2D eigenvalue weighted by molar-refractivity contribution is 0.102. The van der Waals surface area contributed by atoms with Crippen molar-refractivity contribution >= 4 is 38.8 Å². The number of fused-ring (bicyclic) bond motifs is 2. The Labute approximate surface area is 239 Å².